The van der Waals surface area contributed by atoms with Crippen LogP contribution in [0.1, 0.15) is 5.56 Å². The van der Waals surface area contributed by atoms with Crippen LogP contribution in [0.3, 0.4) is 0 Å². The van der Waals surface area contributed by atoms with Gasteiger partial charge >= 0.3 is 0 Å². The second-order valence-corrected chi connectivity index (χ2v) is 12.7. The number of hydrogen-bond acceptors (Lipinski definition) is 4. The summed E-state index contributed by atoms with van der Waals surface area (Å²) in [6.45, 7) is 0. The molecule has 0 saturated carbocycles. The van der Waals surface area contributed by atoms with Gasteiger partial charge < -0.3 is 0 Å². The highest BCUT2D eigenvalue weighted by atomic mass is 15.0. The molecule has 0 aliphatic carbocycles. The Morgan fingerprint density at radius 3 is 1.46 bits per heavy atom. The molecule has 52 heavy (non-hydrogen) atoms. The Balaban J connectivity index is 1.19. The fraction of sp³-hybridized carbons (Fsp3) is 0. The predicted molar refractivity (Wildman–Crippen MR) is 212 cm³/mol. The molecule has 0 saturated heterocycles. The van der Waals surface area contributed by atoms with Crippen LogP contribution >= 0.6 is 0 Å². The molecule has 1 heterocycles. The standard InChI is InChI=1S/C48H30N4/c49-31-32-21-23-36(24-22-32)45-40-18-8-7-11-33(40)29-30-43(45)42-20-10-17-35-16-9-19-41(44(35)42)34-25-27-39(28-26-34)48-51-46(37-12-3-1-4-13-37)50-47(52-48)38-14-5-2-6-15-38/h1-30H. The van der Waals surface area contributed by atoms with Gasteiger partial charge in [0.25, 0.3) is 0 Å². The summed E-state index contributed by atoms with van der Waals surface area (Å²) in [5, 5.41) is 14.2. The summed E-state index contributed by atoms with van der Waals surface area (Å²) in [6, 6.07) is 64.8. The maximum atomic E-state index is 9.50. The molecule has 0 fully saturated rings. The highest BCUT2D eigenvalue weighted by molar-refractivity contribution is 6.12. The SMILES string of the molecule is N#Cc1ccc(-c2c(-c3cccc4cccc(-c5ccc(-c6nc(-c7ccccc7)nc(-c7ccccc7)n6)cc5)c34)ccc3ccccc23)cc1. The molecular weight excluding hydrogens is 633 g/mol. The first-order valence-electron chi connectivity index (χ1n) is 17.3. The van der Waals surface area contributed by atoms with Crippen LogP contribution in [0.15, 0.2) is 182 Å². The van der Waals surface area contributed by atoms with Gasteiger partial charge in [0.05, 0.1) is 11.6 Å². The average molecular weight is 663 g/mol. The fourth-order valence-corrected chi connectivity index (χ4v) is 7.06. The second kappa shape index (κ2) is 13.2. The van der Waals surface area contributed by atoms with Crippen LogP contribution in [0, 0.1) is 11.3 Å². The number of nitrogens with zero attached hydrogens (tertiary/aromatic N) is 4. The zero-order chi connectivity index (χ0) is 34.9. The average Bonchev–Trinajstić information content (AvgIpc) is 3.23. The van der Waals surface area contributed by atoms with Gasteiger partial charge in [0.1, 0.15) is 0 Å². The molecule has 4 nitrogen and oxygen atoms in total. The molecule has 0 amide bonds. The van der Waals surface area contributed by atoms with Gasteiger partial charge in [-0.15, -0.1) is 0 Å². The summed E-state index contributed by atoms with van der Waals surface area (Å²) >= 11 is 0. The molecule has 0 N–H and O–H groups in total. The Hall–Kier alpha value is -7.22. The molecule has 9 rings (SSSR count). The lowest BCUT2D eigenvalue weighted by atomic mass is 9.85. The summed E-state index contributed by atoms with van der Waals surface area (Å²) in [7, 11) is 0. The van der Waals surface area contributed by atoms with Crippen LogP contribution in [0.5, 0.6) is 0 Å². The Bertz CT molecular complexity index is 2700. The van der Waals surface area contributed by atoms with Crippen molar-refractivity contribution in [3.63, 3.8) is 0 Å². The highest BCUT2D eigenvalue weighted by Gasteiger charge is 2.17. The predicted octanol–water partition coefficient (Wildman–Crippen LogP) is 12.1. The van der Waals surface area contributed by atoms with E-state index in [9.17, 15) is 5.26 Å². The number of rotatable bonds is 6. The summed E-state index contributed by atoms with van der Waals surface area (Å²) in [6.07, 6.45) is 0. The van der Waals surface area contributed by atoms with Crippen molar-refractivity contribution in [1.29, 1.82) is 5.26 Å². The van der Waals surface area contributed by atoms with Crippen molar-refractivity contribution in [3.05, 3.63) is 188 Å². The van der Waals surface area contributed by atoms with E-state index >= 15 is 0 Å². The Morgan fingerprint density at radius 1 is 0.346 bits per heavy atom. The number of benzene rings is 8. The smallest absolute Gasteiger partial charge is 0.164 e. The molecule has 0 unspecified atom stereocenters. The minimum absolute atomic E-state index is 0.626. The maximum absolute atomic E-state index is 9.50. The van der Waals surface area contributed by atoms with E-state index in [4.69, 9.17) is 15.0 Å². The van der Waals surface area contributed by atoms with Crippen molar-refractivity contribution in [2.75, 3.05) is 0 Å². The third-order valence-electron chi connectivity index (χ3n) is 9.58. The first-order valence-corrected chi connectivity index (χ1v) is 17.3. The van der Waals surface area contributed by atoms with Gasteiger partial charge in [0, 0.05) is 16.7 Å². The summed E-state index contributed by atoms with van der Waals surface area (Å²) in [5.41, 5.74) is 10.2. The van der Waals surface area contributed by atoms with Gasteiger partial charge in [-0.3, -0.25) is 0 Å². The van der Waals surface area contributed by atoms with Crippen molar-refractivity contribution >= 4 is 21.5 Å². The largest absolute Gasteiger partial charge is 0.208 e. The molecule has 0 spiro atoms. The second-order valence-electron chi connectivity index (χ2n) is 12.7. The van der Waals surface area contributed by atoms with Crippen molar-refractivity contribution < 1.29 is 0 Å². The van der Waals surface area contributed by atoms with Gasteiger partial charge in [0.2, 0.25) is 0 Å². The number of hydrogen-bond donors (Lipinski definition) is 0. The molecule has 0 aliphatic rings. The normalized spacial score (nSPS) is 11.1. The van der Waals surface area contributed by atoms with Gasteiger partial charge in [0.15, 0.2) is 17.5 Å². The molecule has 0 bridgehead atoms. The van der Waals surface area contributed by atoms with E-state index in [2.05, 4.69) is 115 Å². The number of aromatic nitrogens is 3. The highest BCUT2D eigenvalue weighted by Crippen LogP contribution is 2.43. The van der Waals surface area contributed by atoms with Crippen molar-refractivity contribution in [2.45, 2.75) is 0 Å². The number of nitriles is 1. The van der Waals surface area contributed by atoms with Crippen LogP contribution in [-0.2, 0) is 0 Å². The first kappa shape index (κ1) is 30.8. The molecule has 0 radical (unpaired) electrons. The summed E-state index contributed by atoms with van der Waals surface area (Å²) in [5.74, 6) is 1.91. The lowest BCUT2D eigenvalue weighted by Crippen LogP contribution is -2.00. The van der Waals surface area contributed by atoms with E-state index in [0.29, 0.717) is 23.0 Å². The van der Waals surface area contributed by atoms with Crippen LogP contribution in [0.25, 0.3) is 89.1 Å². The van der Waals surface area contributed by atoms with Crippen LogP contribution < -0.4 is 0 Å². The quantitative estimate of drug-likeness (QED) is 0.178. The Labute approximate surface area is 302 Å². The van der Waals surface area contributed by atoms with Crippen LogP contribution in [0.4, 0.5) is 0 Å². The van der Waals surface area contributed by atoms with E-state index < -0.39 is 0 Å². The van der Waals surface area contributed by atoms with Gasteiger partial charge in [-0.1, -0.05) is 170 Å². The van der Waals surface area contributed by atoms with Crippen molar-refractivity contribution in [2.24, 2.45) is 0 Å². The van der Waals surface area contributed by atoms with E-state index in [1.54, 1.807) is 0 Å². The van der Waals surface area contributed by atoms with E-state index in [-0.39, 0.29) is 0 Å². The van der Waals surface area contributed by atoms with E-state index in [1.165, 1.54) is 16.2 Å². The Morgan fingerprint density at radius 2 is 0.846 bits per heavy atom. The zero-order valence-corrected chi connectivity index (χ0v) is 28.1. The lowest BCUT2D eigenvalue weighted by Gasteiger charge is -2.18. The molecule has 0 atom stereocenters. The first-order chi connectivity index (χ1) is 25.7. The zero-order valence-electron chi connectivity index (χ0n) is 28.1. The summed E-state index contributed by atoms with van der Waals surface area (Å²) in [4.78, 5) is 14.7. The van der Waals surface area contributed by atoms with Gasteiger partial charge in [-0.05, 0) is 67.1 Å². The fourth-order valence-electron chi connectivity index (χ4n) is 7.06. The molecule has 8 aromatic carbocycles. The van der Waals surface area contributed by atoms with Crippen LogP contribution in [-0.4, -0.2) is 15.0 Å². The summed E-state index contributed by atoms with van der Waals surface area (Å²) < 4.78 is 0. The van der Waals surface area contributed by atoms with Crippen molar-refractivity contribution in [1.82, 2.24) is 15.0 Å². The minimum Gasteiger partial charge on any atom is -0.208 e. The monoisotopic (exact) mass is 662 g/mol. The lowest BCUT2D eigenvalue weighted by molar-refractivity contribution is 1.07. The molecular formula is C48H30N4. The molecule has 9 aromatic rings. The molecule has 4 heteroatoms. The van der Waals surface area contributed by atoms with Gasteiger partial charge in [-0.2, -0.15) is 5.26 Å². The Kier molecular flexibility index (Phi) is 7.85. The minimum atomic E-state index is 0.626. The van der Waals surface area contributed by atoms with Gasteiger partial charge in [-0.25, -0.2) is 15.0 Å². The van der Waals surface area contributed by atoms with Crippen molar-refractivity contribution in [3.8, 4) is 73.6 Å². The molecule has 0 aliphatic heterocycles. The third kappa shape index (κ3) is 5.67. The topological polar surface area (TPSA) is 62.5 Å². The molecule has 242 valence electrons. The molecule has 1 aromatic heterocycles. The number of fused-ring (bicyclic) bond motifs is 2. The van der Waals surface area contributed by atoms with E-state index in [0.717, 1.165) is 55.5 Å². The third-order valence-corrected chi connectivity index (χ3v) is 9.58. The van der Waals surface area contributed by atoms with E-state index in [1.807, 2.05) is 72.8 Å². The van der Waals surface area contributed by atoms with Crippen LogP contribution in [0.2, 0.25) is 0 Å². The maximum Gasteiger partial charge on any atom is 0.164 e.